The Bertz CT molecular complexity index is 773. The Morgan fingerprint density at radius 3 is 2.42 bits per heavy atom. The predicted octanol–water partition coefficient (Wildman–Crippen LogP) is 3.46. The Kier molecular flexibility index (Phi) is 5.98. The summed E-state index contributed by atoms with van der Waals surface area (Å²) in [4.78, 5) is 23.8. The van der Waals surface area contributed by atoms with Crippen LogP contribution in [0.25, 0.3) is 6.08 Å². The van der Waals surface area contributed by atoms with Gasteiger partial charge in [-0.2, -0.15) is 0 Å². The second kappa shape index (κ2) is 8.17. The predicted molar refractivity (Wildman–Crippen MR) is 94.9 cm³/mol. The summed E-state index contributed by atoms with van der Waals surface area (Å²) in [5.41, 5.74) is 1.43. The first kappa shape index (κ1) is 17.6. The SMILES string of the molecule is COc1ccc(NC(=O)/C(=C/c2ccccc2)NC(C)=O)cc1Cl. The summed E-state index contributed by atoms with van der Waals surface area (Å²) >= 11 is 6.05. The van der Waals surface area contributed by atoms with Crippen molar-refractivity contribution in [2.45, 2.75) is 6.92 Å². The first-order valence-corrected chi connectivity index (χ1v) is 7.56. The number of nitrogens with one attached hydrogen (secondary N) is 2. The fourth-order valence-electron chi connectivity index (χ4n) is 2.01. The van der Waals surface area contributed by atoms with E-state index in [1.54, 1.807) is 24.3 Å². The Morgan fingerprint density at radius 2 is 1.83 bits per heavy atom. The van der Waals surface area contributed by atoms with Crippen molar-refractivity contribution in [1.82, 2.24) is 5.32 Å². The Hall–Kier alpha value is -2.79. The zero-order chi connectivity index (χ0) is 17.5. The van der Waals surface area contributed by atoms with Crippen LogP contribution in [0.3, 0.4) is 0 Å². The first-order valence-electron chi connectivity index (χ1n) is 7.19. The van der Waals surface area contributed by atoms with E-state index in [9.17, 15) is 9.59 Å². The van der Waals surface area contributed by atoms with Crippen LogP contribution in [0.4, 0.5) is 5.69 Å². The first-order chi connectivity index (χ1) is 11.5. The maximum atomic E-state index is 12.4. The van der Waals surface area contributed by atoms with Crippen LogP contribution in [-0.2, 0) is 9.59 Å². The van der Waals surface area contributed by atoms with Crippen LogP contribution in [0.2, 0.25) is 5.02 Å². The molecule has 0 bridgehead atoms. The Morgan fingerprint density at radius 1 is 1.12 bits per heavy atom. The van der Waals surface area contributed by atoms with Crippen LogP contribution in [0.15, 0.2) is 54.2 Å². The molecule has 0 spiro atoms. The Balaban J connectivity index is 2.23. The van der Waals surface area contributed by atoms with E-state index in [2.05, 4.69) is 10.6 Å². The van der Waals surface area contributed by atoms with Gasteiger partial charge in [0.15, 0.2) is 0 Å². The largest absolute Gasteiger partial charge is 0.495 e. The minimum atomic E-state index is -0.449. The van der Waals surface area contributed by atoms with Crippen LogP contribution in [-0.4, -0.2) is 18.9 Å². The third-order valence-corrected chi connectivity index (χ3v) is 3.37. The number of anilines is 1. The standard InChI is InChI=1S/C18H17ClN2O3/c1-12(22)20-16(10-13-6-4-3-5-7-13)18(23)21-14-8-9-17(24-2)15(19)11-14/h3-11H,1-2H3,(H,20,22)(H,21,23)/b16-10-. The molecule has 0 aliphatic carbocycles. The molecule has 0 aromatic heterocycles. The van der Waals surface area contributed by atoms with Gasteiger partial charge in [-0.05, 0) is 29.8 Å². The van der Waals surface area contributed by atoms with Crippen molar-refractivity contribution in [3.63, 3.8) is 0 Å². The van der Waals surface area contributed by atoms with Gasteiger partial charge in [-0.3, -0.25) is 9.59 Å². The highest BCUT2D eigenvalue weighted by molar-refractivity contribution is 6.32. The molecule has 0 fully saturated rings. The van der Waals surface area contributed by atoms with E-state index in [0.717, 1.165) is 5.56 Å². The molecular formula is C18H17ClN2O3. The molecule has 2 aromatic rings. The lowest BCUT2D eigenvalue weighted by Gasteiger charge is -2.11. The number of carbonyl (C=O) groups excluding carboxylic acids is 2. The van der Waals surface area contributed by atoms with Gasteiger partial charge < -0.3 is 15.4 Å². The minimum Gasteiger partial charge on any atom is -0.495 e. The van der Waals surface area contributed by atoms with Crippen LogP contribution in [0, 0.1) is 0 Å². The lowest BCUT2D eigenvalue weighted by atomic mass is 10.2. The molecule has 0 radical (unpaired) electrons. The van der Waals surface area contributed by atoms with Crippen molar-refractivity contribution in [3.05, 3.63) is 64.8 Å². The third-order valence-electron chi connectivity index (χ3n) is 3.08. The summed E-state index contributed by atoms with van der Waals surface area (Å²) in [6.07, 6.45) is 1.60. The second-order valence-corrected chi connectivity index (χ2v) is 5.36. The van der Waals surface area contributed by atoms with E-state index in [0.29, 0.717) is 16.5 Å². The summed E-state index contributed by atoms with van der Waals surface area (Å²) in [6.45, 7) is 1.34. The number of rotatable bonds is 5. The van der Waals surface area contributed by atoms with Gasteiger partial charge in [0.05, 0.1) is 12.1 Å². The van der Waals surface area contributed by atoms with Crippen LogP contribution in [0.1, 0.15) is 12.5 Å². The molecule has 0 unspecified atom stereocenters. The van der Waals surface area contributed by atoms with Crippen LogP contribution < -0.4 is 15.4 Å². The van der Waals surface area contributed by atoms with Crippen molar-refractivity contribution < 1.29 is 14.3 Å². The van der Waals surface area contributed by atoms with E-state index < -0.39 is 5.91 Å². The molecule has 0 aliphatic rings. The number of ether oxygens (including phenoxy) is 1. The van der Waals surface area contributed by atoms with Crippen LogP contribution in [0.5, 0.6) is 5.75 Å². The fraction of sp³-hybridized carbons (Fsp3) is 0.111. The van der Waals surface area contributed by atoms with E-state index in [4.69, 9.17) is 16.3 Å². The van der Waals surface area contributed by atoms with Gasteiger partial charge in [0.2, 0.25) is 5.91 Å². The molecule has 2 rings (SSSR count). The Labute approximate surface area is 145 Å². The van der Waals surface area contributed by atoms with Gasteiger partial charge in [0.1, 0.15) is 11.4 Å². The molecule has 6 heteroatoms. The summed E-state index contributed by atoms with van der Waals surface area (Å²) in [5, 5.41) is 5.61. The molecule has 2 N–H and O–H groups in total. The highest BCUT2D eigenvalue weighted by Crippen LogP contribution is 2.27. The maximum Gasteiger partial charge on any atom is 0.272 e. The van der Waals surface area contributed by atoms with E-state index in [-0.39, 0.29) is 11.6 Å². The third kappa shape index (κ3) is 4.86. The van der Waals surface area contributed by atoms with Crippen molar-refractivity contribution in [2.75, 3.05) is 12.4 Å². The second-order valence-electron chi connectivity index (χ2n) is 4.95. The summed E-state index contributed by atoms with van der Waals surface area (Å²) in [7, 11) is 1.51. The summed E-state index contributed by atoms with van der Waals surface area (Å²) in [5.74, 6) is -0.271. The van der Waals surface area contributed by atoms with Gasteiger partial charge >= 0.3 is 0 Å². The number of amides is 2. The molecule has 0 saturated heterocycles. The van der Waals surface area contributed by atoms with Crippen molar-refractivity contribution in [2.24, 2.45) is 0 Å². The van der Waals surface area contributed by atoms with E-state index in [1.165, 1.54) is 14.0 Å². The number of benzene rings is 2. The van der Waals surface area contributed by atoms with Crippen molar-refractivity contribution >= 4 is 35.2 Å². The number of methoxy groups -OCH3 is 1. The zero-order valence-electron chi connectivity index (χ0n) is 13.3. The summed E-state index contributed by atoms with van der Waals surface area (Å²) in [6, 6.07) is 14.1. The van der Waals surface area contributed by atoms with E-state index in [1.807, 2.05) is 30.3 Å². The molecular weight excluding hydrogens is 328 g/mol. The lowest BCUT2D eigenvalue weighted by molar-refractivity contribution is -0.120. The highest BCUT2D eigenvalue weighted by Gasteiger charge is 2.12. The molecule has 0 saturated carbocycles. The van der Waals surface area contributed by atoms with Gasteiger partial charge in [0.25, 0.3) is 5.91 Å². The topological polar surface area (TPSA) is 67.4 Å². The van der Waals surface area contributed by atoms with Gasteiger partial charge in [-0.1, -0.05) is 41.9 Å². The highest BCUT2D eigenvalue weighted by atomic mass is 35.5. The number of carbonyl (C=O) groups is 2. The van der Waals surface area contributed by atoms with Crippen molar-refractivity contribution in [1.29, 1.82) is 0 Å². The number of hydrogen-bond donors (Lipinski definition) is 2. The van der Waals surface area contributed by atoms with Crippen LogP contribution >= 0.6 is 11.6 Å². The molecule has 5 nitrogen and oxygen atoms in total. The molecule has 0 atom stereocenters. The number of halogens is 1. The smallest absolute Gasteiger partial charge is 0.272 e. The fourth-order valence-corrected chi connectivity index (χ4v) is 2.26. The van der Waals surface area contributed by atoms with Crippen molar-refractivity contribution in [3.8, 4) is 5.75 Å². The molecule has 2 amide bonds. The average molecular weight is 345 g/mol. The number of hydrogen-bond acceptors (Lipinski definition) is 3. The normalized spacial score (nSPS) is 10.9. The summed E-state index contributed by atoms with van der Waals surface area (Å²) < 4.78 is 5.07. The minimum absolute atomic E-state index is 0.139. The van der Waals surface area contributed by atoms with Gasteiger partial charge in [0, 0.05) is 12.6 Å². The molecule has 0 heterocycles. The molecule has 0 aliphatic heterocycles. The molecule has 124 valence electrons. The molecule has 2 aromatic carbocycles. The quantitative estimate of drug-likeness (QED) is 0.816. The van der Waals surface area contributed by atoms with E-state index >= 15 is 0 Å². The average Bonchev–Trinajstić information content (AvgIpc) is 2.55. The lowest BCUT2D eigenvalue weighted by Crippen LogP contribution is -2.28. The molecule has 24 heavy (non-hydrogen) atoms. The van der Waals surface area contributed by atoms with Gasteiger partial charge in [-0.25, -0.2) is 0 Å². The maximum absolute atomic E-state index is 12.4. The zero-order valence-corrected chi connectivity index (χ0v) is 14.1. The van der Waals surface area contributed by atoms with Gasteiger partial charge in [-0.15, -0.1) is 0 Å². The monoisotopic (exact) mass is 344 g/mol.